The molecule has 2 aromatic rings. The molecule has 4 atom stereocenters. The predicted octanol–water partition coefficient (Wildman–Crippen LogP) is 5.98. The summed E-state index contributed by atoms with van der Waals surface area (Å²) in [5.74, 6) is -0.336. The van der Waals surface area contributed by atoms with Gasteiger partial charge in [0.25, 0.3) is 5.91 Å². The van der Waals surface area contributed by atoms with Crippen LogP contribution in [0.1, 0.15) is 82.5 Å². The molecule has 0 radical (unpaired) electrons. The molecule has 2 aromatic carbocycles. The van der Waals surface area contributed by atoms with Gasteiger partial charge in [-0.25, -0.2) is 8.42 Å². The average molecular weight is 692 g/mol. The van der Waals surface area contributed by atoms with Crippen molar-refractivity contribution in [3.63, 3.8) is 0 Å². The number of amides is 2. The van der Waals surface area contributed by atoms with E-state index in [9.17, 15) is 23.1 Å². The summed E-state index contributed by atoms with van der Waals surface area (Å²) in [5, 5.41) is 13.7. The lowest BCUT2D eigenvalue weighted by Gasteiger charge is -2.35. The minimum Gasteiger partial charge on any atom is -0.490 e. The van der Waals surface area contributed by atoms with Gasteiger partial charge in [0.1, 0.15) is 5.75 Å². The van der Waals surface area contributed by atoms with E-state index in [2.05, 4.69) is 5.32 Å². The van der Waals surface area contributed by atoms with E-state index in [0.717, 1.165) is 51.4 Å². The molecular weight excluding hydrogens is 642 g/mol. The molecular formula is C35H50ClN3O7S. The summed E-state index contributed by atoms with van der Waals surface area (Å²) in [4.78, 5) is 29.1. The maximum atomic E-state index is 14.4. The Hall–Kier alpha value is -2.70. The summed E-state index contributed by atoms with van der Waals surface area (Å²) in [6, 6.07) is 10.6. The molecule has 260 valence electrons. The van der Waals surface area contributed by atoms with Crippen LogP contribution in [0.15, 0.2) is 47.4 Å². The van der Waals surface area contributed by atoms with Crippen LogP contribution < -0.4 is 10.1 Å². The Morgan fingerprint density at radius 2 is 1.74 bits per heavy atom. The summed E-state index contributed by atoms with van der Waals surface area (Å²) in [5.41, 5.74) is 0.813. The highest BCUT2D eigenvalue weighted by Gasteiger charge is 2.33. The summed E-state index contributed by atoms with van der Waals surface area (Å²) in [6.07, 6.45) is 6.47. The number of benzene rings is 2. The molecule has 0 aromatic heterocycles. The van der Waals surface area contributed by atoms with E-state index in [0.29, 0.717) is 28.6 Å². The number of halogens is 1. The molecule has 10 nitrogen and oxygen atoms in total. The topological polar surface area (TPSA) is 125 Å². The van der Waals surface area contributed by atoms with Crippen LogP contribution in [0.5, 0.6) is 5.75 Å². The number of hydrogen-bond acceptors (Lipinski definition) is 7. The zero-order chi connectivity index (χ0) is 34.1. The molecule has 12 heteroatoms. The monoisotopic (exact) mass is 691 g/mol. The highest BCUT2D eigenvalue weighted by Crippen LogP contribution is 2.30. The average Bonchev–Trinajstić information content (AvgIpc) is 3.06. The van der Waals surface area contributed by atoms with Crippen LogP contribution in [0.2, 0.25) is 5.02 Å². The number of carbonyl (C=O) groups is 2. The molecule has 0 unspecified atom stereocenters. The van der Waals surface area contributed by atoms with E-state index in [4.69, 9.17) is 21.1 Å². The maximum Gasteiger partial charge on any atom is 0.258 e. The van der Waals surface area contributed by atoms with E-state index < -0.39 is 22.2 Å². The molecule has 4 rings (SSSR count). The smallest absolute Gasteiger partial charge is 0.258 e. The largest absolute Gasteiger partial charge is 0.490 e. The molecule has 2 amide bonds. The highest BCUT2D eigenvalue weighted by molar-refractivity contribution is 7.89. The first-order valence-electron chi connectivity index (χ1n) is 16.8. The molecule has 1 fully saturated rings. The lowest BCUT2D eigenvalue weighted by molar-refractivity contribution is -0.120. The SMILES string of the molecule is C[C@@H]1CCCCO[C@@H](CN(C)S(=O)(=O)c2ccc(Cl)cc2)[C@H](C)CN([C@H](C)CO)C(=O)c2cc(NC(=O)C3CCCCC3)ccc2O1. The van der Waals surface area contributed by atoms with E-state index in [1.807, 2.05) is 13.8 Å². The van der Waals surface area contributed by atoms with E-state index >= 15 is 0 Å². The van der Waals surface area contributed by atoms with Crippen LogP contribution in [-0.4, -0.2) is 86.1 Å². The van der Waals surface area contributed by atoms with Crippen molar-refractivity contribution in [3.8, 4) is 5.75 Å². The van der Waals surface area contributed by atoms with E-state index in [-0.39, 0.29) is 54.3 Å². The minimum atomic E-state index is -3.83. The summed E-state index contributed by atoms with van der Waals surface area (Å²) >= 11 is 5.99. The predicted molar refractivity (Wildman–Crippen MR) is 183 cm³/mol. The summed E-state index contributed by atoms with van der Waals surface area (Å²) in [7, 11) is -2.32. The van der Waals surface area contributed by atoms with Crippen LogP contribution in [0.25, 0.3) is 0 Å². The first-order chi connectivity index (χ1) is 22.4. The third-order valence-electron chi connectivity index (χ3n) is 9.25. The number of aliphatic hydroxyl groups excluding tert-OH is 1. The second kappa shape index (κ2) is 17.1. The third-order valence-corrected chi connectivity index (χ3v) is 11.3. The van der Waals surface area contributed by atoms with Crippen molar-refractivity contribution in [2.45, 2.75) is 95.3 Å². The number of fused-ring (bicyclic) bond motifs is 1. The maximum absolute atomic E-state index is 14.4. The lowest BCUT2D eigenvalue weighted by Crippen LogP contribution is -2.48. The normalized spacial score (nSPS) is 23.0. The number of rotatable bonds is 8. The Bertz CT molecular complexity index is 1450. The van der Waals surface area contributed by atoms with Crippen molar-refractivity contribution in [1.29, 1.82) is 0 Å². The second-order valence-corrected chi connectivity index (χ2v) is 15.6. The standard InChI is InChI=1S/C35H50ClN3O7S/c1-24-21-39(25(2)23-40)35(42)31-20-29(37-34(41)27-11-6-5-7-12-27)15-18-32(31)46-26(3)10-8-9-19-45-33(24)22-38(4)47(43,44)30-16-13-28(36)14-17-30/h13-18,20,24-27,33,40H,5-12,19,21-23H2,1-4H3,(H,37,41)/t24-,25-,26-,33+/m1/s1. The Labute approximate surface area is 284 Å². The van der Waals surface area contributed by atoms with Crippen molar-refractivity contribution in [1.82, 2.24) is 9.21 Å². The Kier molecular flexibility index (Phi) is 13.5. The quantitative estimate of drug-likeness (QED) is 0.349. The van der Waals surface area contributed by atoms with Gasteiger partial charge in [0.05, 0.1) is 35.3 Å². The molecule has 0 bridgehead atoms. The van der Waals surface area contributed by atoms with Crippen LogP contribution in [0.3, 0.4) is 0 Å². The fourth-order valence-corrected chi connectivity index (χ4v) is 7.52. The van der Waals surface area contributed by atoms with Gasteiger partial charge in [-0.3, -0.25) is 9.59 Å². The molecule has 2 N–H and O–H groups in total. The highest BCUT2D eigenvalue weighted by atomic mass is 35.5. The van der Waals surface area contributed by atoms with E-state index in [1.54, 1.807) is 30.0 Å². The van der Waals surface area contributed by atoms with Crippen LogP contribution >= 0.6 is 11.6 Å². The van der Waals surface area contributed by atoms with Gasteiger partial charge >= 0.3 is 0 Å². The van der Waals surface area contributed by atoms with Gasteiger partial charge in [0, 0.05) is 49.3 Å². The molecule has 0 saturated heterocycles. The number of ether oxygens (including phenoxy) is 2. The summed E-state index contributed by atoms with van der Waals surface area (Å²) < 4.78 is 40.7. The molecule has 1 heterocycles. The Morgan fingerprint density at radius 3 is 2.43 bits per heavy atom. The number of sulfonamides is 1. The number of carbonyl (C=O) groups excluding carboxylic acids is 2. The number of hydrogen-bond donors (Lipinski definition) is 2. The van der Waals surface area contributed by atoms with Gasteiger partial charge in [-0.15, -0.1) is 0 Å². The number of anilines is 1. The lowest BCUT2D eigenvalue weighted by atomic mass is 9.88. The van der Waals surface area contributed by atoms with Gasteiger partial charge in [-0.2, -0.15) is 4.31 Å². The van der Waals surface area contributed by atoms with Crippen molar-refractivity contribution in [3.05, 3.63) is 53.1 Å². The zero-order valence-corrected chi connectivity index (χ0v) is 29.6. The van der Waals surface area contributed by atoms with Gasteiger partial charge in [0.2, 0.25) is 15.9 Å². The number of nitrogens with one attached hydrogen (secondary N) is 1. The van der Waals surface area contributed by atoms with Crippen LogP contribution in [0.4, 0.5) is 5.69 Å². The molecule has 0 spiro atoms. The first-order valence-corrected chi connectivity index (χ1v) is 18.6. The van der Waals surface area contributed by atoms with Gasteiger partial charge in [-0.05, 0) is 88.4 Å². The van der Waals surface area contributed by atoms with Gasteiger partial charge in [0.15, 0.2) is 0 Å². The second-order valence-electron chi connectivity index (χ2n) is 13.1. The Morgan fingerprint density at radius 1 is 1.06 bits per heavy atom. The van der Waals surface area contributed by atoms with Crippen LogP contribution in [-0.2, 0) is 19.6 Å². The summed E-state index contributed by atoms with van der Waals surface area (Å²) in [6.45, 7) is 6.03. The molecule has 1 saturated carbocycles. The minimum absolute atomic E-state index is 0.0425. The van der Waals surface area contributed by atoms with Gasteiger partial charge in [-0.1, -0.05) is 37.8 Å². The number of aliphatic hydroxyl groups is 1. The molecule has 1 aliphatic carbocycles. The van der Waals surface area contributed by atoms with Crippen molar-refractivity contribution >= 4 is 39.1 Å². The molecule has 1 aliphatic heterocycles. The third kappa shape index (κ3) is 9.92. The van der Waals surface area contributed by atoms with Gasteiger partial charge < -0.3 is 24.8 Å². The first kappa shape index (κ1) is 37.1. The van der Waals surface area contributed by atoms with Crippen molar-refractivity contribution < 1.29 is 32.6 Å². The van der Waals surface area contributed by atoms with Crippen LogP contribution in [0, 0.1) is 11.8 Å². The Balaban J connectivity index is 1.62. The molecule has 47 heavy (non-hydrogen) atoms. The molecule has 2 aliphatic rings. The van der Waals surface area contributed by atoms with Crippen molar-refractivity contribution in [2.75, 3.05) is 38.7 Å². The fraction of sp³-hybridized carbons (Fsp3) is 0.600. The van der Waals surface area contributed by atoms with E-state index in [1.165, 1.54) is 35.6 Å². The number of nitrogens with zero attached hydrogens (tertiary/aromatic N) is 2. The zero-order valence-electron chi connectivity index (χ0n) is 28.0. The number of likely N-dealkylation sites (N-methyl/N-ethyl adjacent to an activating group) is 1. The van der Waals surface area contributed by atoms with Crippen molar-refractivity contribution in [2.24, 2.45) is 11.8 Å². The fourth-order valence-electron chi connectivity index (χ4n) is 6.21.